The van der Waals surface area contributed by atoms with Crippen LogP contribution in [0.5, 0.6) is 0 Å². The molecule has 2 N–H and O–H groups in total. The Kier molecular flexibility index (Phi) is 4.48. The summed E-state index contributed by atoms with van der Waals surface area (Å²) in [6.07, 6.45) is 4.72. The van der Waals surface area contributed by atoms with Crippen molar-refractivity contribution >= 4 is 17.3 Å². The first-order valence-electron chi connectivity index (χ1n) is 7.95. The van der Waals surface area contributed by atoms with Crippen LogP contribution in [0.1, 0.15) is 24.8 Å². The number of halogens is 1. The van der Waals surface area contributed by atoms with Gasteiger partial charge in [0.2, 0.25) is 5.91 Å². The molecule has 0 saturated heterocycles. The number of hydrogen-bond acceptors (Lipinski definition) is 3. The summed E-state index contributed by atoms with van der Waals surface area (Å²) in [6.45, 7) is 1.87. The third-order valence-electron chi connectivity index (χ3n) is 4.36. The van der Waals surface area contributed by atoms with Gasteiger partial charge in [-0.25, -0.2) is 4.39 Å². The Balaban J connectivity index is 2.07. The molecule has 0 radical (unpaired) electrons. The van der Waals surface area contributed by atoms with Crippen molar-refractivity contribution in [1.29, 1.82) is 5.26 Å². The first-order valence-corrected chi connectivity index (χ1v) is 7.95. The molecule has 0 bridgehead atoms. The smallest absolute Gasteiger partial charge is 0.227 e. The number of anilines is 2. The van der Waals surface area contributed by atoms with Crippen LogP contribution in [-0.2, 0) is 4.79 Å². The van der Waals surface area contributed by atoms with Crippen LogP contribution in [0, 0.1) is 30.1 Å². The molecule has 4 nitrogen and oxygen atoms in total. The maximum Gasteiger partial charge on any atom is 0.227 e. The summed E-state index contributed by atoms with van der Waals surface area (Å²) in [6, 6.07) is 9.98. The zero-order valence-electron chi connectivity index (χ0n) is 13.4. The van der Waals surface area contributed by atoms with E-state index in [-0.39, 0.29) is 17.6 Å². The standard InChI is InChI=1S/C19H18FN3O/c1-12-9-15(14-7-2-3-8-16(14)20)18(22-11-21)17(10-12)23-19(24)13-5-4-6-13/h2-3,7-10,13,22H,4-6H2,1H3,(H,23,24). The van der Waals surface area contributed by atoms with Gasteiger partial charge in [-0.05, 0) is 43.5 Å². The summed E-state index contributed by atoms with van der Waals surface area (Å²) >= 11 is 0. The van der Waals surface area contributed by atoms with E-state index in [2.05, 4.69) is 10.6 Å². The molecule has 0 aliphatic heterocycles. The highest BCUT2D eigenvalue weighted by Gasteiger charge is 2.26. The minimum Gasteiger partial charge on any atom is -0.324 e. The third-order valence-corrected chi connectivity index (χ3v) is 4.36. The van der Waals surface area contributed by atoms with Crippen molar-refractivity contribution in [2.24, 2.45) is 5.92 Å². The quantitative estimate of drug-likeness (QED) is 0.646. The van der Waals surface area contributed by atoms with Crippen LogP contribution in [-0.4, -0.2) is 5.91 Å². The topological polar surface area (TPSA) is 64.9 Å². The van der Waals surface area contributed by atoms with E-state index < -0.39 is 0 Å². The molecule has 1 aliphatic carbocycles. The van der Waals surface area contributed by atoms with E-state index in [4.69, 9.17) is 5.26 Å². The number of aryl methyl sites for hydroxylation is 1. The highest BCUT2D eigenvalue weighted by Crippen LogP contribution is 2.38. The van der Waals surface area contributed by atoms with E-state index in [0.717, 1.165) is 24.8 Å². The molecule has 1 aliphatic rings. The Bertz CT molecular complexity index is 822. The molecule has 2 aromatic carbocycles. The van der Waals surface area contributed by atoms with Crippen molar-refractivity contribution in [3.05, 3.63) is 47.8 Å². The number of nitrogens with one attached hydrogen (secondary N) is 2. The van der Waals surface area contributed by atoms with Crippen LogP contribution in [0.2, 0.25) is 0 Å². The number of nitrogens with zero attached hydrogens (tertiary/aromatic N) is 1. The first kappa shape index (κ1) is 16.0. The zero-order chi connectivity index (χ0) is 17.1. The molecule has 0 unspecified atom stereocenters. The van der Waals surface area contributed by atoms with Gasteiger partial charge in [0.05, 0.1) is 11.4 Å². The highest BCUT2D eigenvalue weighted by atomic mass is 19.1. The van der Waals surface area contributed by atoms with Crippen molar-refractivity contribution in [3.8, 4) is 17.3 Å². The molecule has 1 fully saturated rings. The van der Waals surface area contributed by atoms with Crippen LogP contribution in [0.25, 0.3) is 11.1 Å². The van der Waals surface area contributed by atoms with E-state index >= 15 is 0 Å². The normalized spacial score (nSPS) is 13.7. The molecule has 0 aromatic heterocycles. The second-order valence-corrected chi connectivity index (χ2v) is 6.07. The van der Waals surface area contributed by atoms with E-state index in [1.54, 1.807) is 30.3 Å². The second-order valence-electron chi connectivity index (χ2n) is 6.07. The SMILES string of the molecule is Cc1cc(NC(=O)C2CCC2)c(NC#N)c(-c2ccccc2F)c1. The molecule has 5 heteroatoms. The minimum atomic E-state index is -0.375. The van der Waals surface area contributed by atoms with E-state index in [0.29, 0.717) is 22.5 Å². The van der Waals surface area contributed by atoms with Gasteiger partial charge in [0.1, 0.15) is 5.82 Å². The largest absolute Gasteiger partial charge is 0.324 e. The van der Waals surface area contributed by atoms with Crippen LogP contribution in [0.15, 0.2) is 36.4 Å². The van der Waals surface area contributed by atoms with Gasteiger partial charge >= 0.3 is 0 Å². The maximum atomic E-state index is 14.2. The molecule has 1 saturated carbocycles. The van der Waals surface area contributed by atoms with Crippen LogP contribution >= 0.6 is 0 Å². The number of rotatable bonds is 4. The number of amides is 1. The van der Waals surface area contributed by atoms with Gasteiger partial charge in [-0.15, -0.1) is 0 Å². The van der Waals surface area contributed by atoms with Crippen molar-refractivity contribution in [2.45, 2.75) is 26.2 Å². The highest BCUT2D eigenvalue weighted by molar-refractivity contribution is 6.00. The number of nitriles is 1. The Morgan fingerprint density at radius 2 is 2.00 bits per heavy atom. The van der Waals surface area contributed by atoms with E-state index in [1.165, 1.54) is 6.07 Å². The van der Waals surface area contributed by atoms with Crippen molar-refractivity contribution in [3.63, 3.8) is 0 Å². The van der Waals surface area contributed by atoms with Gasteiger partial charge in [-0.1, -0.05) is 24.6 Å². The summed E-state index contributed by atoms with van der Waals surface area (Å²) in [5, 5.41) is 14.6. The molecular weight excluding hydrogens is 305 g/mol. The van der Waals surface area contributed by atoms with Crippen LogP contribution in [0.3, 0.4) is 0 Å². The Morgan fingerprint density at radius 3 is 2.62 bits per heavy atom. The lowest BCUT2D eigenvalue weighted by atomic mass is 9.84. The molecule has 122 valence electrons. The fraction of sp³-hybridized carbons (Fsp3) is 0.263. The van der Waals surface area contributed by atoms with Gasteiger partial charge in [0.25, 0.3) is 0 Å². The summed E-state index contributed by atoms with van der Waals surface area (Å²) in [5.41, 5.74) is 2.74. The molecule has 24 heavy (non-hydrogen) atoms. The average molecular weight is 323 g/mol. The Morgan fingerprint density at radius 1 is 1.25 bits per heavy atom. The summed E-state index contributed by atoms with van der Waals surface area (Å²) in [4.78, 5) is 12.3. The summed E-state index contributed by atoms with van der Waals surface area (Å²) in [7, 11) is 0. The average Bonchev–Trinajstić information content (AvgIpc) is 2.48. The Labute approximate surface area is 140 Å². The zero-order valence-corrected chi connectivity index (χ0v) is 13.4. The lowest BCUT2D eigenvalue weighted by molar-refractivity contribution is -0.122. The van der Waals surface area contributed by atoms with Gasteiger partial charge in [-0.2, -0.15) is 5.26 Å². The van der Waals surface area contributed by atoms with E-state index in [9.17, 15) is 9.18 Å². The number of carbonyl (C=O) groups excluding carboxylic acids is 1. The lowest BCUT2D eigenvalue weighted by Crippen LogP contribution is -2.28. The molecule has 2 aromatic rings. The number of carbonyl (C=O) groups is 1. The first-order chi connectivity index (χ1) is 11.6. The molecule has 0 heterocycles. The predicted octanol–water partition coefficient (Wildman–Crippen LogP) is 4.43. The van der Waals surface area contributed by atoms with Gasteiger partial charge in [0, 0.05) is 17.0 Å². The molecule has 1 amide bonds. The maximum absolute atomic E-state index is 14.2. The van der Waals surface area contributed by atoms with E-state index in [1.807, 2.05) is 13.1 Å². The fourth-order valence-electron chi connectivity index (χ4n) is 2.87. The minimum absolute atomic E-state index is 0.0253. The second kappa shape index (κ2) is 6.71. The van der Waals surface area contributed by atoms with Crippen molar-refractivity contribution in [1.82, 2.24) is 0 Å². The third kappa shape index (κ3) is 3.09. The number of hydrogen-bond donors (Lipinski definition) is 2. The van der Waals surface area contributed by atoms with Crippen LogP contribution < -0.4 is 10.6 Å². The monoisotopic (exact) mass is 323 g/mol. The van der Waals surface area contributed by atoms with Gasteiger partial charge in [-0.3, -0.25) is 10.1 Å². The molecule has 0 atom stereocenters. The lowest BCUT2D eigenvalue weighted by Gasteiger charge is -2.25. The fourth-order valence-corrected chi connectivity index (χ4v) is 2.87. The molecule has 0 spiro atoms. The van der Waals surface area contributed by atoms with Crippen molar-refractivity contribution < 1.29 is 9.18 Å². The van der Waals surface area contributed by atoms with Gasteiger partial charge < -0.3 is 5.32 Å². The van der Waals surface area contributed by atoms with Crippen LogP contribution in [0.4, 0.5) is 15.8 Å². The summed E-state index contributed by atoms with van der Waals surface area (Å²) in [5.74, 6) is -0.398. The molecular formula is C19H18FN3O. The molecule has 3 rings (SSSR count). The number of benzene rings is 2. The predicted molar refractivity (Wildman–Crippen MR) is 91.8 cm³/mol. The Hall–Kier alpha value is -2.87. The summed E-state index contributed by atoms with van der Waals surface area (Å²) < 4.78 is 14.2. The van der Waals surface area contributed by atoms with Crippen molar-refractivity contribution in [2.75, 3.05) is 10.6 Å². The van der Waals surface area contributed by atoms with Gasteiger partial charge in [0.15, 0.2) is 6.19 Å².